The largest absolute Gasteiger partial charge is 0.489 e. The lowest BCUT2D eigenvalue weighted by atomic mass is 9.78. The lowest BCUT2D eigenvalue weighted by Crippen LogP contribution is -2.50. The first-order chi connectivity index (χ1) is 14.0. The molecule has 1 heterocycles. The Labute approximate surface area is 169 Å². The Balaban J connectivity index is 1.65. The molecule has 1 aromatic rings. The molecule has 0 bridgehead atoms. The number of nitrogens with zero attached hydrogens (tertiary/aromatic N) is 1. The maximum atomic E-state index is 13.0. The minimum Gasteiger partial charge on any atom is -0.489 e. The molecular formula is C21H28N2O6. The van der Waals surface area contributed by atoms with Gasteiger partial charge in [-0.2, -0.15) is 0 Å². The van der Waals surface area contributed by atoms with Crippen molar-refractivity contribution in [2.24, 2.45) is 11.8 Å². The van der Waals surface area contributed by atoms with Gasteiger partial charge in [0.1, 0.15) is 24.9 Å². The fourth-order valence-corrected chi connectivity index (χ4v) is 4.31. The molecule has 0 saturated heterocycles. The number of ether oxygens (including phenoxy) is 1. The average Bonchev–Trinajstić information content (AvgIpc) is 2.83. The first kappa shape index (κ1) is 21.1. The highest BCUT2D eigenvalue weighted by Crippen LogP contribution is 2.33. The first-order valence-corrected chi connectivity index (χ1v) is 10.2. The Morgan fingerprint density at radius 1 is 1.17 bits per heavy atom. The highest BCUT2D eigenvalue weighted by atomic mass is 16.5. The van der Waals surface area contributed by atoms with Crippen LogP contribution >= 0.6 is 0 Å². The zero-order valence-electron chi connectivity index (χ0n) is 16.4. The van der Waals surface area contributed by atoms with Crippen LogP contribution in [0.3, 0.4) is 0 Å². The Morgan fingerprint density at radius 3 is 2.59 bits per heavy atom. The summed E-state index contributed by atoms with van der Waals surface area (Å²) in [5, 5.41) is 21.9. The molecule has 2 aliphatic rings. The summed E-state index contributed by atoms with van der Waals surface area (Å²) < 4.78 is 5.73. The molecule has 3 N–H and O–H groups in total. The number of para-hydroxylation sites is 2. The van der Waals surface area contributed by atoms with Gasteiger partial charge in [-0.05, 0) is 43.9 Å². The molecule has 158 valence electrons. The Bertz CT molecular complexity index is 746. The molecule has 0 radical (unpaired) electrons. The van der Waals surface area contributed by atoms with Crippen molar-refractivity contribution in [3.8, 4) is 5.75 Å². The standard InChI is InChI=1S/C21H28N2O6/c24-19(25)12-23-17-8-4-5-9-18(17)29-13-16(20(23)26)22-11-10-15(21(27)28)14-6-2-1-3-7-14/h4-5,8-9,14-16,22H,1-3,6-7,10-13H2,(H,24,25)(H,27,28)/t15?,16-/m0/s1. The topological polar surface area (TPSA) is 116 Å². The van der Waals surface area contributed by atoms with Crippen LogP contribution in [0.5, 0.6) is 5.75 Å². The van der Waals surface area contributed by atoms with Crippen molar-refractivity contribution in [2.75, 3.05) is 24.6 Å². The van der Waals surface area contributed by atoms with E-state index in [-0.39, 0.29) is 18.4 Å². The van der Waals surface area contributed by atoms with Crippen LogP contribution in [0.1, 0.15) is 38.5 Å². The van der Waals surface area contributed by atoms with Gasteiger partial charge in [0.15, 0.2) is 0 Å². The number of carbonyl (C=O) groups excluding carboxylic acids is 1. The molecule has 3 rings (SSSR count). The summed E-state index contributed by atoms with van der Waals surface area (Å²) in [4.78, 5) is 37.2. The van der Waals surface area contributed by atoms with Crippen LogP contribution in [0.25, 0.3) is 0 Å². The van der Waals surface area contributed by atoms with E-state index in [1.54, 1.807) is 24.3 Å². The van der Waals surface area contributed by atoms with Crippen LogP contribution in [0, 0.1) is 11.8 Å². The summed E-state index contributed by atoms with van der Waals surface area (Å²) in [5.41, 5.74) is 0.426. The molecule has 8 nitrogen and oxygen atoms in total. The van der Waals surface area contributed by atoms with E-state index in [0.29, 0.717) is 24.4 Å². The van der Waals surface area contributed by atoms with Crippen molar-refractivity contribution in [2.45, 2.75) is 44.6 Å². The van der Waals surface area contributed by atoms with Crippen molar-refractivity contribution in [1.82, 2.24) is 5.32 Å². The molecule has 0 aromatic heterocycles. The van der Waals surface area contributed by atoms with Crippen molar-refractivity contribution < 1.29 is 29.3 Å². The smallest absolute Gasteiger partial charge is 0.323 e. The predicted octanol–water partition coefficient (Wildman–Crippen LogP) is 2.13. The normalized spacial score (nSPS) is 21.0. The maximum absolute atomic E-state index is 13.0. The number of amides is 1. The van der Waals surface area contributed by atoms with Crippen molar-refractivity contribution in [3.63, 3.8) is 0 Å². The second-order valence-corrected chi connectivity index (χ2v) is 7.74. The van der Waals surface area contributed by atoms with Gasteiger partial charge in [0, 0.05) is 0 Å². The second kappa shape index (κ2) is 9.73. The van der Waals surface area contributed by atoms with Gasteiger partial charge >= 0.3 is 11.9 Å². The highest BCUT2D eigenvalue weighted by molar-refractivity contribution is 6.02. The van der Waals surface area contributed by atoms with Crippen LogP contribution in [0.15, 0.2) is 24.3 Å². The molecule has 1 aliphatic heterocycles. The van der Waals surface area contributed by atoms with Crippen LogP contribution in [0.4, 0.5) is 5.69 Å². The lowest BCUT2D eigenvalue weighted by molar-refractivity contribution is -0.144. The van der Waals surface area contributed by atoms with E-state index in [0.717, 1.165) is 32.1 Å². The summed E-state index contributed by atoms with van der Waals surface area (Å²) >= 11 is 0. The molecule has 1 aliphatic carbocycles. The van der Waals surface area contributed by atoms with Crippen LogP contribution < -0.4 is 15.0 Å². The monoisotopic (exact) mass is 404 g/mol. The summed E-state index contributed by atoms with van der Waals surface area (Å²) in [7, 11) is 0. The second-order valence-electron chi connectivity index (χ2n) is 7.74. The van der Waals surface area contributed by atoms with Gasteiger partial charge in [-0.15, -0.1) is 0 Å². The Kier molecular flexibility index (Phi) is 7.09. The quantitative estimate of drug-likeness (QED) is 0.608. The maximum Gasteiger partial charge on any atom is 0.323 e. The summed E-state index contributed by atoms with van der Waals surface area (Å²) in [6.45, 7) is -0.0468. The first-order valence-electron chi connectivity index (χ1n) is 10.2. The fourth-order valence-electron chi connectivity index (χ4n) is 4.31. The zero-order chi connectivity index (χ0) is 20.8. The number of anilines is 1. The zero-order valence-corrected chi connectivity index (χ0v) is 16.4. The third-order valence-corrected chi connectivity index (χ3v) is 5.80. The fraction of sp³-hybridized carbons (Fsp3) is 0.571. The number of carbonyl (C=O) groups is 3. The van der Waals surface area contributed by atoms with Crippen molar-refractivity contribution >= 4 is 23.5 Å². The summed E-state index contributed by atoms with van der Waals surface area (Å²) in [6, 6.07) is 6.10. The molecule has 1 saturated carbocycles. The minimum atomic E-state index is -1.11. The average molecular weight is 404 g/mol. The molecule has 0 spiro atoms. The number of hydrogen-bond acceptors (Lipinski definition) is 5. The number of rotatable bonds is 8. The molecule has 8 heteroatoms. The van der Waals surface area contributed by atoms with Gasteiger partial charge in [0.2, 0.25) is 5.91 Å². The molecule has 1 fully saturated rings. The van der Waals surface area contributed by atoms with Crippen molar-refractivity contribution in [1.29, 1.82) is 0 Å². The van der Waals surface area contributed by atoms with E-state index in [1.165, 1.54) is 4.90 Å². The van der Waals surface area contributed by atoms with E-state index in [1.807, 2.05) is 0 Å². The van der Waals surface area contributed by atoms with E-state index >= 15 is 0 Å². The Hall–Kier alpha value is -2.61. The van der Waals surface area contributed by atoms with E-state index in [9.17, 15) is 24.6 Å². The van der Waals surface area contributed by atoms with Crippen LogP contribution in [-0.4, -0.2) is 53.8 Å². The Morgan fingerprint density at radius 2 is 1.90 bits per heavy atom. The molecule has 1 amide bonds. The van der Waals surface area contributed by atoms with Crippen LogP contribution in [-0.2, 0) is 14.4 Å². The molecule has 1 unspecified atom stereocenters. The third-order valence-electron chi connectivity index (χ3n) is 5.80. The summed E-state index contributed by atoms with van der Waals surface area (Å²) in [6.07, 6.45) is 5.59. The van der Waals surface area contributed by atoms with Gasteiger partial charge in [-0.25, -0.2) is 0 Å². The number of aliphatic carboxylic acids is 2. The molecule has 1 aromatic carbocycles. The number of hydrogen-bond donors (Lipinski definition) is 3. The van der Waals surface area contributed by atoms with Gasteiger partial charge in [-0.1, -0.05) is 31.4 Å². The lowest BCUT2D eigenvalue weighted by Gasteiger charge is -2.28. The highest BCUT2D eigenvalue weighted by Gasteiger charge is 2.33. The molecule has 29 heavy (non-hydrogen) atoms. The van der Waals surface area contributed by atoms with E-state index < -0.39 is 30.4 Å². The van der Waals surface area contributed by atoms with E-state index in [2.05, 4.69) is 5.32 Å². The SMILES string of the molecule is O=C(O)CN1C(=O)[C@@H](NCCC(C(=O)O)C2CCCCC2)COc2ccccc21. The predicted molar refractivity (Wildman–Crippen MR) is 106 cm³/mol. The summed E-state index contributed by atoms with van der Waals surface area (Å²) in [5.74, 6) is -2.09. The van der Waals surface area contributed by atoms with E-state index in [4.69, 9.17) is 4.74 Å². The molecule has 2 atom stereocenters. The van der Waals surface area contributed by atoms with Gasteiger partial charge in [-0.3, -0.25) is 19.3 Å². The van der Waals surface area contributed by atoms with Gasteiger partial charge in [0.05, 0.1) is 11.6 Å². The number of carboxylic acids is 2. The number of carboxylic acid groups (broad SMARTS) is 2. The van der Waals surface area contributed by atoms with Gasteiger partial charge in [0.25, 0.3) is 0 Å². The molecular weight excluding hydrogens is 376 g/mol. The number of nitrogens with one attached hydrogen (secondary N) is 1. The van der Waals surface area contributed by atoms with Crippen molar-refractivity contribution in [3.05, 3.63) is 24.3 Å². The minimum absolute atomic E-state index is 0.0626. The van der Waals surface area contributed by atoms with Crippen LogP contribution in [0.2, 0.25) is 0 Å². The van der Waals surface area contributed by atoms with Gasteiger partial charge < -0.3 is 20.3 Å². The number of fused-ring (bicyclic) bond motifs is 1. The number of benzene rings is 1. The third kappa shape index (κ3) is 5.26.